The third kappa shape index (κ3) is 14.8. The van der Waals surface area contributed by atoms with Crippen LogP contribution in [0.3, 0.4) is 0 Å². The Kier molecular flexibility index (Phi) is 15.2. The van der Waals surface area contributed by atoms with Gasteiger partial charge in [-0.05, 0) is 71.9 Å². The first-order valence-electron chi connectivity index (χ1n) is 14.8. The van der Waals surface area contributed by atoms with Gasteiger partial charge in [0.2, 0.25) is 0 Å². The van der Waals surface area contributed by atoms with Crippen molar-refractivity contribution in [3.05, 3.63) is 12.2 Å². The molecule has 0 spiro atoms. The summed E-state index contributed by atoms with van der Waals surface area (Å²) in [7, 11) is -2.02. The van der Waals surface area contributed by atoms with Crippen molar-refractivity contribution in [2.24, 2.45) is 11.8 Å². The lowest BCUT2D eigenvalue weighted by Crippen LogP contribution is -2.40. The Morgan fingerprint density at radius 1 is 0.973 bits per heavy atom. The average Bonchev–Trinajstić information content (AvgIpc) is 3.04. The van der Waals surface area contributed by atoms with Crippen molar-refractivity contribution in [3.8, 4) is 0 Å². The van der Waals surface area contributed by atoms with Gasteiger partial charge < -0.3 is 13.6 Å². The summed E-state index contributed by atoms with van der Waals surface area (Å²) in [5.74, 6) is 0.392. The van der Waals surface area contributed by atoms with Crippen molar-refractivity contribution in [1.29, 1.82) is 0 Å². The lowest BCUT2D eigenvalue weighted by atomic mass is 9.87. The molecule has 0 radical (unpaired) electrons. The van der Waals surface area contributed by atoms with E-state index in [0.29, 0.717) is 18.6 Å². The minimum atomic E-state index is -1.77. The zero-order chi connectivity index (χ0) is 28.1. The van der Waals surface area contributed by atoms with E-state index >= 15 is 0 Å². The van der Waals surface area contributed by atoms with Crippen LogP contribution in [0.5, 0.6) is 0 Å². The topological polar surface area (TPSA) is 61.8 Å². The van der Waals surface area contributed by atoms with Crippen LogP contribution in [-0.4, -0.2) is 47.2 Å². The van der Waals surface area contributed by atoms with Gasteiger partial charge in [-0.25, -0.2) is 0 Å². The molecule has 37 heavy (non-hydrogen) atoms. The van der Waals surface area contributed by atoms with E-state index in [-0.39, 0.29) is 29.5 Å². The molecule has 0 aliphatic heterocycles. The maximum Gasteiger partial charge on any atom is 0.305 e. The maximum atomic E-state index is 13.1. The van der Waals surface area contributed by atoms with Crippen molar-refractivity contribution < 1.29 is 23.2 Å². The quantitative estimate of drug-likeness (QED) is 0.0693. The van der Waals surface area contributed by atoms with Gasteiger partial charge in [0.1, 0.15) is 5.78 Å². The molecule has 7 heteroatoms. The maximum absolute atomic E-state index is 13.1. The summed E-state index contributed by atoms with van der Waals surface area (Å²) in [6, 6.07) is 0. The zero-order valence-electron chi connectivity index (χ0n) is 25.6. The van der Waals surface area contributed by atoms with Crippen LogP contribution in [0, 0.1) is 11.8 Å². The summed E-state index contributed by atoms with van der Waals surface area (Å²) < 4.78 is 18.0. The van der Waals surface area contributed by atoms with Gasteiger partial charge in [0, 0.05) is 24.7 Å². The fourth-order valence-corrected chi connectivity index (χ4v) is 8.38. The number of hydrogen-bond acceptors (Lipinski definition) is 5. The van der Waals surface area contributed by atoms with E-state index in [4.69, 9.17) is 13.6 Å². The number of ketones is 1. The second kappa shape index (κ2) is 16.4. The number of carbonyl (C=O) groups is 2. The van der Waals surface area contributed by atoms with E-state index in [1.807, 2.05) is 0 Å². The zero-order valence-corrected chi connectivity index (χ0v) is 27.6. The molecule has 0 aromatic heterocycles. The van der Waals surface area contributed by atoms with E-state index in [0.717, 1.165) is 44.9 Å². The molecule has 0 amide bonds. The Hall–Kier alpha value is -0.766. The Morgan fingerprint density at radius 3 is 2.22 bits per heavy atom. The predicted octanol–water partition coefficient (Wildman–Crippen LogP) is 8.45. The second-order valence-corrected chi connectivity index (χ2v) is 22.1. The van der Waals surface area contributed by atoms with Crippen LogP contribution in [0.25, 0.3) is 0 Å². The molecule has 216 valence electrons. The molecule has 0 heterocycles. The lowest BCUT2D eigenvalue weighted by Gasteiger charge is -2.36. The summed E-state index contributed by atoms with van der Waals surface area (Å²) in [5, 5.41) is 0. The highest BCUT2D eigenvalue weighted by Gasteiger charge is 2.43. The number of hydrogen-bond donors (Lipinski definition) is 0. The van der Waals surface area contributed by atoms with Crippen molar-refractivity contribution in [2.75, 3.05) is 7.11 Å². The van der Waals surface area contributed by atoms with Crippen LogP contribution in [0.15, 0.2) is 12.2 Å². The first-order chi connectivity index (χ1) is 17.2. The molecule has 1 aliphatic rings. The monoisotopic (exact) mass is 554 g/mol. The number of esters is 1. The Morgan fingerprint density at radius 2 is 1.62 bits per heavy atom. The molecule has 0 saturated heterocycles. The van der Waals surface area contributed by atoms with Crippen LogP contribution in [0.1, 0.15) is 97.3 Å². The van der Waals surface area contributed by atoms with Gasteiger partial charge >= 0.3 is 5.97 Å². The fraction of sp³-hybridized carbons (Fsp3) is 0.867. The number of Topliss-reactive ketones (excluding diaryl/α,β-unsaturated/α-hetero) is 1. The highest BCUT2D eigenvalue weighted by atomic mass is 28.4. The Balaban J connectivity index is 2.87. The highest BCUT2D eigenvalue weighted by Crippen LogP contribution is 2.38. The Labute approximate surface area is 230 Å². The number of carbonyl (C=O) groups excluding carboxylic acids is 2. The molecule has 0 aromatic carbocycles. The number of ether oxygens (including phenoxy) is 1. The minimum absolute atomic E-state index is 0.00605. The summed E-state index contributed by atoms with van der Waals surface area (Å²) >= 11 is 0. The van der Waals surface area contributed by atoms with Crippen molar-refractivity contribution in [3.63, 3.8) is 0 Å². The van der Waals surface area contributed by atoms with Crippen LogP contribution in [0.4, 0.5) is 0 Å². The third-order valence-electron chi connectivity index (χ3n) is 7.11. The van der Waals surface area contributed by atoms with Gasteiger partial charge in [-0.15, -0.1) is 0 Å². The van der Waals surface area contributed by atoms with E-state index in [2.05, 4.69) is 65.3 Å². The van der Waals surface area contributed by atoms with Crippen molar-refractivity contribution in [1.82, 2.24) is 0 Å². The fourth-order valence-electron chi connectivity index (χ4n) is 5.57. The summed E-state index contributed by atoms with van der Waals surface area (Å²) in [6.45, 7) is 18.0. The van der Waals surface area contributed by atoms with E-state index in [1.165, 1.54) is 32.8 Å². The van der Waals surface area contributed by atoms with Gasteiger partial charge in [-0.2, -0.15) is 0 Å². The van der Waals surface area contributed by atoms with Crippen molar-refractivity contribution in [2.45, 2.75) is 148 Å². The molecule has 0 N–H and O–H groups in total. The van der Waals surface area contributed by atoms with Crippen molar-refractivity contribution >= 4 is 28.4 Å². The van der Waals surface area contributed by atoms with Crippen LogP contribution in [0.2, 0.25) is 39.3 Å². The number of unbranched alkanes of at least 4 members (excludes halogenated alkanes) is 6. The largest absolute Gasteiger partial charge is 0.469 e. The van der Waals surface area contributed by atoms with Crippen LogP contribution < -0.4 is 0 Å². The molecule has 5 nitrogen and oxygen atoms in total. The van der Waals surface area contributed by atoms with Gasteiger partial charge in [0.15, 0.2) is 16.6 Å². The first-order valence-corrected chi connectivity index (χ1v) is 21.7. The molecule has 1 fully saturated rings. The van der Waals surface area contributed by atoms with E-state index < -0.39 is 16.6 Å². The molecule has 1 aliphatic carbocycles. The normalized spacial score (nSPS) is 22.5. The molecular weight excluding hydrogens is 496 g/mol. The molecule has 4 atom stereocenters. The van der Waals surface area contributed by atoms with E-state index in [9.17, 15) is 9.59 Å². The van der Waals surface area contributed by atoms with Crippen LogP contribution in [-0.2, 0) is 23.2 Å². The standard InChI is InChI=1S/C30H58O5Si2/c1-10-11-12-17-22-30(2,35-37(7,8)9)23-18-20-26-25(19-15-13-14-16-21-29(32)33-3)27(31)24-28(26)34-36(4,5)6/h18,20,25-26,28H,10-17,19,21-24H2,1-9H3/b20-18+/t25-,26-,28-,30?/m1/s1. The molecular formula is C30H58O5Si2. The molecule has 1 unspecified atom stereocenters. The molecule has 1 saturated carbocycles. The van der Waals surface area contributed by atoms with Gasteiger partial charge in [-0.3, -0.25) is 9.59 Å². The first kappa shape index (κ1) is 34.3. The SMILES string of the molecule is CCCCCCC(C)(C/C=C/[C@H]1[C@H](O[Si](C)(C)C)CC(=O)[C@@H]1CCCCCCC(=O)OC)O[Si](C)(C)C. The van der Waals surface area contributed by atoms with Gasteiger partial charge in [-0.1, -0.05) is 64.0 Å². The Bertz CT molecular complexity index is 710. The average molecular weight is 555 g/mol. The lowest BCUT2D eigenvalue weighted by molar-refractivity contribution is -0.140. The van der Waals surface area contributed by atoms with Crippen LogP contribution >= 0.6 is 0 Å². The highest BCUT2D eigenvalue weighted by molar-refractivity contribution is 6.70. The smallest absolute Gasteiger partial charge is 0.305 e. The van der Waals surface area contributed by atoms with Gasteiger partial charge in [0.25, 0.3) is 0 Å². The molecule has 0 bridgehead atoms. The summed E-state index contributed by atoms with van der Waals surface area (Å²) in [4.78, 5) is 24.4. The number of methoxy groups -OCH3 is 1. The third-order valence-corrected chi connectivity index (χ3v) is 9.22. The minimum Gasteiger partial charge on any atom is -0.469 e. The van der Waals surface area contributed by atoms with E-state index in [1.54, 1.807) is 0 Å². The predicted molar refractivity (Wildman–Crippen MR) is 160 cm³/mol. The molecule has 1 rings (SSSR count). The second-order valence-electron chi connectivity index (χ2n) is 13.3. The summed E-state index contributed by atoms with van der Waals surface area (Å²) in [6.07, 6.45) is 17.3. The number of rotatable bonds is 19. The van der Waals surface area contributed by atoms with Gasteiger partial charge in [0.05, 0.1) is 18.8 Å². The summed E-state index contributed by atoms with van der Waals surface area (Å²) in [5.41, 5.74) is -0.151. The molecule has 0 aromatic rings.